The topological polar surface area (TPSA) is 168 Å². The highest BCUT2D eigenvalue weighted by Gasteiger charge is 2.32. The Hall–Kier alpha value is -5.34. The van der Waals surface area contributed by atoms with Crippen LogP contribution in [0.1, 0.15) is 97.3 Å². The molecule has 0 aromatic heterocycles. The highest BCUT2D eigenvalue weighted by Crippen LogP contribution is 2.32. The zero-order valence-electron chi connectivity index (χ0n) is 38.8. The minimum absolute atomic E-state index is 0.0223. The van der Waals surface area contributed by atoms with Crippen LogP contribution in [0.4, 0.5) is 0 Å². The Bertz CT molecular complexity index is 1970. The lowest BCUT2D eigenvalue weighted by Gasteiger charge is -2.30. The van der Waals surface area contributed by atoms with Crippen LogP contribution in [0.3, 0.4) is 0 Å². The molecule has 1 aliphatic rings. The number of unbranched alkanes of at least 4 members (excludes halogenated alkanes) is 1. The molecule has 0 radical (unpaired) electrons. The third-order valence-electron chi connectivity index (χ3n) is 11.0. The van der Waals surface area contributed by atoms with Gasteiger partial charge in [-0.1, -0.05) is 63.6 Å². The molecule has 4 rings (SSSR count). The van der Waals surface area contributed by atoms with Crippen LogP contribution in [0.15, 0.2) is 72.8 Å². The van der Waals surface area contributed by atoms with E-state index in [0.29, 0.717) is 46.9 Å². The number of hydrogen-bond donors (Lipinski definition) is 4. The third-order valence-corrected chi connectivity index (χ3v) is 11.3. The van der Waals surface area contributed by atoms with Gasteiger partial charge in [-0.25, -0.2) is 0 Å². The van der Waals surface area contributed by atoms with E-state index >= 15 is 0 Å². The number of carbonyl (C=O) groups is 5. The van der Waals surface area contributed by atoms with Crippen LogP contribution in [-0.2, 0) is 19.2 Å². The maximum absolute atomic E-state index is 14.1. The van der Waals surface area contributed by atoms with E-state index in [2.05, 4.69) is 53.9 Å². The monoisotopic (exact) mass is 904 g/mol. The number of halogens is 1. The molecule has 1 aliphatic heterocycles. The van der Waals surface area contributed by atoms with Crippen molar-refractivity contribution in [3.8, 4) is 23.0 Å². The molecule has 5 atom stereocenters. The van der Waals surface area contributed by atoms with E-state index in [1.807, 2.05) is 6.92 Å². The molecule has 350 valence electrons. The number of benzene rings is 3. The Morgan fingerprint density at radius 3 is 2.16 bits per heavy atom. The average Bonchev–Trinajstić information content (AvgIpc) is 3.26. The predicted octanol–water partition coefficient (Wildman–Crippen LogP) is 7.00. The summed E-state index contributed by atoms with van der Waals surface area (Å²) in [6.45, 7) is 17.0. The summed E-state index contributed by atoms with van der Waals surface area (Å²) in [5.41, 5.74) is 0.138. The van der Waals surface area contributed by atoms with Crippen molar-refractivity contribution >= 4 is 41.1 Å². The van der Waals surface area contributed by atoms with Gasteiger partial charge >= 0.3 is 0 Å². The number of nitrogens with zero attached hydrogens (tertiary/aromatic N) is 2. The second-order valence-corrected chi connectivity index (χ2v) is 18.0. The van der Waals surface area contributed by atoms with Gasteiger partial charge in [-0.15, -0.1) is 0 Å². The average molecular weight is 906 g/mol. The first-order valence-electron chi connectivity index (χ1n) is 22.6. The van der Waals surface area contributed by atoms with E-state index in [-0.39, 0.29) is 30.4 Å². The number of likely N-dealkylation sites (N-methyl/N-ethyl adjacent to an activating group) is 1. The fraction of sp³-hybridized carbons (Fsp3) is 0.531. The first-order valence-corrected chi connectivity index (χ1v) is 23.0. The molecule has 3 aromatic rings. The number of fused-ring (bicyclic) bond motifs is 1. The molecule has 64 heavy (non-hydrogen) atoms. The van der Waals surface area contributed by atoms with Crippen molar-refractivity contribution in [3.05, 3.63) is 83.4 Å². The van der Waals surface area contributed by atoms with Gasteiger partial charge in [0.1, 0.15) is 42.8 Å². The molecule has 0 aliphatic carbocycles. The number of nitrogens with one attached hydrogen (secondary N) is 4. The number of amides is 5. The molecule has 0 unspecified atom stereocenters. The van der Waals surface area contributed by atoms with E-state index in [1.54, 1.807) is 91.7 Å². The van der Waals surface area contributed by atoms with Crippen molar-refractivity contribution in [3.63, 3.8) is 0 Å². The Morgan fingerprint density at radius 2 is 1.48 bits per heavy atom. The Morgan fingerprint density at radius 1 is 0.844 bits per heavy atom. The smallest absolute Gasteiger partial charge is 0.255 e. The van der Waals surface area contributed by atoms with Gasteiger partial charge in [0, 0.05) is 12.1 Å². The standard InChI is InChI=1S/C49H69ClN6O8/c1-32(2)24-27-56(28-25-33(3)4)26-14-13-16-40-49(61)55(8)35(6)31-63-42-17-10-9-15-39(42)47(59)54-41(29-45(57)52-36(7)46(58)53-40)48(60)51-34(5)30-62-43-18-11-12-19-44(43)64-38-22-20-37(50)21-23-38/h9-12,15,17-23,32-36,40-41H,13-14,16,24-31H2,1-8H3,(H,51,60)(H,52,57)(H,53,58)(H,54,59)/t34-,35+,36+,40+,41+/m1/s1. The van der Waals surface area contributed by atoms with Crippen molar-refractivity contribution in [2.24, 2.45) is 11.8 Å². The van der Waals surface area contributed by atoms with Gasteiger partial charge in [-0.05, 0) is 133 Å². The van der Waals surface area contributed by atoms with Crippen LogP contribution < -0.4 is 35.5 Å². The van der Waals surface area contributed by atoms with Crippen LogP contribution in [-0.4, -0.2) is 109 Å². The fourth-order valence-electron chi connectivity index (χ4n) is 6.90. The molecular formula is C49H69ClN6O8. The van der Waals surface area contributed by atoms with E-state index in [0.717, 1.165) is 38.9 Å². The van der Waals surface area contributed by atoms with Gasteiger partial charge in [0.2, 0.25) is 23.6 Å². The summed E-state index contributed by atoms with van der Waals surface area (Å²) >= 11 is 6.03. The summed E-state index contributed by atoms with van der Waals surface area (Å²) in [5.74, 6) is 0.0744. The number of carbonyl (C=O) groups excluding carboxylic acids is 5. The molecule has 1 heterocycles. The molecule has 0 spiro atoms. The predicted molar refractivity (Wildman–Crippen MR) is 250 cm³/mol. The molecule has 4 N–H and O–H groups in total. The molecule has 5 amide bonds. The Labute approximate surface area is 384 Å². The number of hydrogen-bond acceptors (Lipinski definition) is 9. The number of para-hydroxylation sites is 3. The largest absolute Gasteiger partial charge is 0.491 e. The minimum Gasteiger partial charge on any atom is -0.491 e. The van der Waals surface area contributed by atoms with Crippen LogP contribution in [0.25, 0.3) is 0 Å². The zero-order chi connectivity index (χ0) is 46.8. The van der Waals surface area contributed by atoms with Gasteiger partial charge in [-0.3, -0.25) is 24.0 Å². The first kappa shape index (κ1) is 51.3. The quantitative estimate of drug-likeness (QED) is 0.0984. The lowest BCUT2D eigenvalue weighted by atomic mass is 10.1. The van der Waals surface area contributed by atoms with E-state index in [9.17, 15) is 24.0 Å². The van der Waals surface area contributed by atoms with Crippen LogP contribution in [0.5, 0.6) is 23.0 Å². The molecule has 15 heteroatoms. The Balaban J connectivity index is 1.48. The molecule has 0 saturated carbocycles. The van der Waals surface area contributed by atoms with E-state index in [4.69, 9.17) is 25.8 Å². The van der Waals surface area contributed by atoms with Crippen molar-refractivity contribution < 1.29 is 38.2 Å². The molecular weight excluding hydrogens is 836 g/mol. The molecule has 0 saturated heterocycles. The summed E-state index contributed by atoms with van der Waals surface area (Å²) in [4.78, 5) is 73.1. The number of ether oxygens (including phenoxy) is 3. The summed E-state index contributed by atoms with van der Waals surface area (Å²) in [6, 6.07) is 16.2. The molecule has 0 bridgehead atoms. The second kappa shape index (κ2) is 25.8. The van der Waals surface area contributed by atoms with Gasteiger partial charge < -0.3 is 45.3 Å². The lowest BCUT2D eigenvalue weighted by Crippen LogP contribution is -2.55. The Kier molecular flexibility index (Phi) is 20.7. The summed E-state index contributed by atoms with van der Waals surface area (Å²) in [5, 5.41) is 11.7. The SMILES string of the molecule is CC(C)CCN(CCCC[C@@H]1NC(=O)[C@H](C)NC(=O)C[C@@H](C(=O)N[C@H](C)COc2ccccc2Oc2ccc(Cl)cc2)NC(=O)c2ccccc2OC[C@H](C)N(C)C1=O)CCC(C)C. The lowest BCUT2D eigenvalue weighted by molar-refractivity contribution is -0.138. The highest BCUT2D eigenvalue weighted by atomic mass is 35.5. The summed E-state index contributed by atoms with van der Waals surface area (Å²) < 4.78 is 18.2. The van der Waals surface area contributed by atoms with Crippen molar-refractivity contribution in [2.45, 2.75) is 117 Å². The van der Waals surface area contributed by atoms with Gasteiger partial charge in [-0.2, -0.15) is 0 Å². The van der Waals surface area contributed by atoms with E-state index < -0.39 is 60.3 Å². The third kappa shape index (κ3) is 17.0. The molecule has 0 fully saturated rings. The number of rotatable bonds is 18. The van der Waals surface area contributed by atoms with Crippen molar-refractivity contribution in [2.75, 3.05) is 39.9 Å². The van der Waals surface area contributed by atoms with Crippen molar-refractivity contribution in [1.29, 1.82) is 0 Å². The fourth-order valence-corrected chi connectivity index (χ4v) is 7.03. The van der Waals surface area contributed by atoms with Crippen LogP contribution >= 0.6 is 11.6 Å². The van der Waals surface area contributed by atoms with Gasteiger partial charge in [0.05, 0.1) is 24.1 Å². The maximum atomic E-state index is 14.1. The normalized spacial score (nSPS) is 19.5. The van der Waals surface area contributed by atoms with Crippen molar-refractivity contribution in [1.82, 2.24) is 31.1 Å². The highest BCUT2D eigenvalue weighted by molar-refractivity contribution is 6.30. The van der Waals surface area contributed by atoms with Gasteiger partial charge in [0.15, 0.2) is 11.5 Å². The zero-order valence-corrected chi connectivity index (χ0v) is 39.5. The minimum atomic E-state index is -1.35. The van der Waals surface area contributed by atoms with Gasteiger partial charge in [0.25, 0.3) is 5.91 Å². The summed E-state index contributed by atoms with van der Waals surface area (Å²) in [6.07, 6.45) is 3.67. The molecule has 3 aromatic carbocycles. The summed E-state index contributed by atoms with van der Waals surface area (Å²) in [7, 11) is 1.66. The second-order valence-electron chi connectivity index (χ2n) is 17.6. The molecule has 14 nitrogen and oxygen atoms in total. The van der Waals surface area contributed by atoms with E-state index in [1.165, 1.54) is 6.92 Å². The van der Waals surface area contributed by atoms with Crippen LogP contribution in [0.2, 0.25) is 5.02 Å². The maximum Gasteiger partial charge on any atom is 0.255 e. The first-order chi connectivity index (χ1) is 30.5. The van der Waals surface area contributed by atoms with Crippen LogP contribution in [0, 0.1) is 11.8 Å².